The second-order valence-corrected chi connectivity index (χ2v) is 6.26. The summed E-state index contributed by atoms with van der Waals surface area (Å²) in [5.41, 5.74) is 0. The summed E-state index contributed by atoms with van der Waals surface area (Å²) in [5, 5.41) is 9.97. The smallest absolute Gasteiger partial charge is 0.0577 e. The van der Waals surface area contributed by atoms with E-state index in [2.05, 4.69) is 0 Å². The van der Waals surface area contributed by atoms with Crippen LogP contribution in [0.4, 0.5) is 0 Å². The second kappa shape index (κ2) is 1.60. The van der Waals surface area contributed by atoms with Gasteiger partial charge in [0, 0.05) is 0 Å². The predicted octanol–water partition coefficient (Wildman–Crippen LogP) is 1.52. The van der Waals surface area contributed by atoms with Gasteiger partial charge in [0.2, 0.25) is 0 Å². The van der Waals surface area contributed by atoms with Crippen LogP contribution >= 0.6 is 0 Å². The maximum Gasteiger partial charge on any atom is 0.0577 e. The molecule has 0 aromatic carbocycles. The van der Waals surface area contributed by atoms with Gasteiger partial charge in [0.05, 0.1) is 6.10 Å². The fourth-order valence-corrected chi connectivity index (χ4v) is 6.88. The number of hydrogen-bond acceptors (Lipinski definition) is 1. The summed E-state index contributed by atoms with van der Waals surface area (Å²) in [5.74, 6) is 8.18. The normalized spacial score (nSPS) is 80.5. The molecule has 0 amide bonds. The molecule has 1 heteroatoms. The number of aliphatic hydroxyl groups excluding tert-OH is 1. The van der Waals surface area contributed by atoms with Crippen molar-refractivity contribution in [3.05, 3.63) is 0 Å². The molecule has 6 aliphatic carbocycles. The van der Waals surface area contributed by atoms with Gasteiger partial charge in [-0.2, -0.15) is 0 Å². The molecule has 70 valence electrons. The van der Waals surface area contributed by atoms with Gasteiger partial charge in [0.15, 0.2) is 0 Å². The minimum absolute atomic E-state index is 0.114. The van der Waals surface area contributed by atoms with Crippen LogP contribution in [0, 0.1) is 47.3 Å². The zero-order valence-electron chi connectivity index (χ0n) is 7.76. The quantitative estimate of drug-likeness (QED) is 0.593. The van der Waals surface area contributed by atoms with Crippen molar-refractivity contribution in [2.45, 2.75) is 25.4 Å². The molecule has 6 saturated carbocycles. The van der Waals surface area contributed by atoms with E-state index in [-0.39, 0.29) is 6.10 Å². The highest BCUT2D eigenvalue weighted by molar-refractivity contribution is 5.26. The Morgan fingerprint density at radius 2 is 1.31 bits per heavy atom. The summed E-state index contributed by atoms with van der Waals surface area (Å²) in [4.78, 5) is 0. The zero-order chi connectivity index (χ0) is 8.32. The van der Waals surface area contributed by atoms with Gasteiger partial charge in [0.1, 0.15) is 0 Å². The van der Waals surface area contributed by atoms with Gasteiger partial charge in [0.25, 0.3) is 0 Å². The van der Waals surface area contributed by atoms with Crippen LogP contribution in [0.25, 0.3) is 0 Å². The highest BCUT2D eigenvalue weighted by atomic mass is 16.3. The van der Waals surface area contributed by atoms with Gasteiger partial charge in [-0.25, -0.2) is 0 Å². The molecule has 0 spiro atoms. The molecule has 0 radical (unpaired) electrons. The molecule has 6 fully saturated rings. The molecule has 6 aliphatic rings. The van der Waals surface area contributed by atoms with E-state index in [4.69, 9.17) is 0 Å². The van der Waals surface area contributed by atoms with Crippen LogP contribution in [0.3, 0.4) is 0 Å². The second-order valence-electron chi connectivity index (χ2n) is 6.26. The van der Waals surface area contributed by atoms with Gasteiger partial charge >= 0.3 is 0 Å². The summed E-state index contributed by atoms with van der Waals surface area (Å²) in [7, 11) is 0. The third-order valence-corrected chi connectivity index (χ3v) is 6.54. The minimum atomic E-state index is 0.114. The van der Waals surface area contributed by atoms with Crippen LogP contribution in [-0.2, 0) is 0 Å². The molecule has 0 aliphatic heterocycles. The maximum atomic E-state index is 9.97. The lowest BCUT2D eigenvalue weighted by Crippen LogP contribution is -2.35. The average Bonchev–Trinajstić information content (AvgIpc) is 2.78. The Morgan fingerprint density at radius 3 is 2.15 bits per heavy atom. The first-order chi connectivity index (χ1) is 6.38. The van der Waals surface area contributed by atoms with Crippen molar-refractivity contribution in [2.75, 3.05) is 0 Å². The Morgan fingerprint density at radius 1 is 0.692 bits per heavy atom. The monoisotopic (exact) mass is 176 g/mol. The lowest BCUT2D eigenvalue weighted by atomic mass is 9.70. The Hall–Kier alpha value is -0.0400. The standard InChI is InChI=1S/C12H16O/c13-7-3-6-9-4-1-2-5-8(4)11(6)12(7)10(5)9/h4-13H,1-3H2/t4-,5+,6-,7+,8+,9+,10-,11-,12-/m1/s1. The molecule has 8 bridgehead atoms. The molecular weight excluding hydrogens is 160 g/mol. The molecule has 6 rings (SSSR count). The van der Waals surface area contributed by atoms with Crippen molar-refractivity contribution < 1.29 is 5.11 Å². The predicted molar refractivity (Wildman–Crippen MR) is 47.8 cm³/mol. The summed E-state index contributed by atoms with van der Waals surface area (Å²) >= 11 is 0. The van der Waals surface area contributed by atoms with E-state index in [0.717, 1.165) is 47.3 Å². The van der Waals surface area contributed by atoms with Crippen LogP contribution in [0.1, 0.15) is 19.3 Å². The van der Waals surface area contributed by atoms with Crippen LogP contribution in [0.2, 0.25) is 0 Å². The Kier molecular flexibility index (Phi) is 0.793. The van der Waals surface area contributed by atoms with E-state index in [1.165, 1.54) is 12.8 Å². The largest absolute Gasteiger partial charge is 0.393 e. The lowest BCUT2D eigenvalue weighted by Gasteiger charge is -2.36. The van der Waals surface area contributed by atoms with E-state index in [9.17, 15) is 5.11 Å². The van der Waals surface area contributed by atoms with E-state index in [1.807, 2.05) is 0 Å². The molecule has 0 aromatic heterocycles. The first-order valence-corrected chi connectivity index (χ1v) is 6.06. The van der Waals surface area contributed by atoms with E-state index in [1.54, 1.807) is 6.42 Å². The number of hydrogen-bond donors (Lipinski definition) is 1. The molecule has 13 heavy (non-hydrogen) atoms. The van der Waals surface area contributed by atoms with Gasteiger partial charge in [-0.15, -0.1) is 0 Å². The topological polar surface area (TPSA) is 20.2 Å². The lowest BCUT2D eigenvalue weighted by molar-refractivity contribution is 0.0279. The molecule has 1 nitrogen and oxygen atoms in total. The van der Waals surface area contributed by atoms with E-state index < -0.39 is 0 Å². The summed E-state index contributed by atoms with van der Waals surface area (Å²) < 4.78 is 0. The van der Waals surface area contributed by atoms with Crippen molar-refractivity contribution in [1.29, 1.82) is 0 Å². The van der Waals surface area contributed by atoms with Crippen LogP contribution in [0.5, 0.6) is 0 Å². The van der Waals surface area contributed by atoms with Crippen molar-refractivity contribution in [2.24, 2.45) is 47.3 Å². The molecule has 0 unspecified atom stereocenters. The van der Waals surface area contributed by atoms with Crippen molar-refractivity contribution >= 4 is 0 Å². The van der Waals surface area contributed by atoms with Gasteiger partial charge in [-0.05, 0) is 66.6 Å². The maximum absolute atomic E-state index is 9.97. The molecule has 0 saturated heterocycles. The van der Waals surface area contributed by atoms with Crippen molar-refractivity contribution in [3.8, 4) is 0 Å². The first-order valence-electron chi connectivity index (χ1n) is 6.06. The summed E-state index contributed by atoms with van der Waals surface area (Å²) in [6, 6.07) is 0. The third kappa shape index (κ3) is 0.423. The average molecular weight is 176 g/mol. The van der Waals surface area contributed by atoms with Crippen LogP contribution < -0.4 is 0 Å². The highest BCUT2D eigenvalue weighted by Crippen LogP contribution is 2.82. The van der Waals surface area contributed by atoms with Crippen molar-refractivity contribution in [3.63, 3.8) is 0 Å². The van der Waals surface area contributed by atoms with Crippen molar-refractivity contribution in [1.82, 2.24) is 0 Å². The molecule has 1 N–H and O–H groups in total. The zero-order valence-corrected chi connectivity index (χ0v) is 7.76. The molecule has 9 atom stereocenters. The van der Waals surface area contributed by atoms with Gasteiger partial charge in [-0.3, -0.25) is 0 Å². The van der Waals surface area contributed by atoms with Crippen LogP contribution in [0.15, 0.2) is 0 Å². The Labute approximate surface area is 78.5 Å². The van der Waals surface area contributed by atoms with Gasteiger partial charge in [-0.1, -0.05) is 0 Å². The fourth-order valence-electron chi connectivity index (χ4n) is 6.88. The van der Waals surface area contributed by atoms with Crippen LogP contribution in [-0.4, -0.2) is 11.2 Å². The van der Waals surface area contributed by atoms with Gasteiger partial charge < -0.3 is 5.11 Å². The minimum Gasteiger partial charge on any atom is -0.393 e. The van der Waals surface area contributed by atoms with E-state index >= 15 is 0 Å². The SMILES string of the molecule is O[C@H]1C[C@@H]2[C@@H]3[C@@H]4CC[C@H]5[C@H]4[C@@H]2[C@H]1[C@H]53. The third-order valence-electron chi connectivity index (χ3n) is 6.54. The highest BCUT2D eigenvalue weighted by Gasteiger charge is 2.78. The first kappa shape index (κ1) is 6.44. The Bertz CT molecular complexity index is 287. The Balaban J connectivity index is 1.75. The molecular formula is C12H16O. The summed E-state index contributed by atoms with van der Waals surface area (Å²) in [6.45, 7) is 0. The fraction of sp³-hybridized carbons (Fsp3) is 1.00. The van der Waals surface area contributed by atoms with E-state index in [0.29, 0.717) is 0 Å². The summed E-state index contributed by atoms with van der Waals surface area (Å²) in [6.07, 6.45) is 4.36. The number of rotatable bonds is 0. The molecule has 0 heterocycles. The number of aliphatic hydroxyl groups is 1. The molecule has 0 aromatic rings.